The van der Waals surface area contributed by atoms with E-state index < -0.39 is 0 Å². The highest BCUT2D eigenvalue weighted by molar-refractivity contribution is 6.30. The first-order chi connectivity index (χ1) is 19.0. The van der Waals surface area contributed by atoms with E-state index in [-0.39, 0.29) is 11.5 Å². The molecule has 7 nitrogen and oxygen atoms in total. The summed E-state index contributed by atoms with van der Waals surface area (Å²) in [5.41, 5.74) is 4.20. The van der Waals surface area contributed by atoms with E-state index >= 15 is 0 Å². The van der Waals surface area contributed by atoms with Gasteiger partial charge >= 0.3 is 0 Å². The smallest absolute Gasteiger partial charge is 0.264 e. The van der Waals surface area contributed by atoms with Gasteiger partial charge in [-0.05, 0) is 67.2 Å². The topological polar surface area (TPSA) is 74.4 Å². The van der Waals surface area contributed by atoms with Crippen molar-refractivity contribution in [2.45, 2.75) is 6.61 Å². The molecule has 1 amide bonds. The van der Waals surface area contributed by atoms with E-state index in [9.17, 15) is 10.1 Å². The van der Waals surface area contributed by atoms with Crippen LogP contribution in [-0.2, 0) is 11.4 Å². The average molecular weight is 538 g/mol. The zero-order valence-electron chi connectivity index (χ0n) is 21.6. The Morgan fingerprint density at radius 3 is 2.36 bits per heavy atom. The zero-order valence-corrected chi connectivity index (χ0v) is 22.4. The third-order valence-corrected chi connectivity index (χ3v) is 6.90. The average Bonchev–Trinajstić information content (AvgIpc) is 3.40. The molecule has 196 valence electrons. The molecule has 1 aromatic heterocycles. The lowest BCUT2D eigenvalue weighted by molar-refractivity contribution is -0.128. The summed E-state index contributed by atoms with van der Waals surface area (Å²) in [6.45, 7) is 3.19. The monoisotopic (exact) mass is 537 g/mol. The number of carbonyl (C=O) groups is 1. The van der Waals surface area contributed by atoms with E-state index in [1.807, 2.05) is 92.1 Å². The van der Waals surface area contributed by atoms with Crippen LogP contribution in [0.15, 0.2) is 90.6 Å². The summed E-state index contributed by atoms with van der Waals surface area (Å²) in [7, 11) is 2.03. The van der Waals surface area contributed by atoms with Crippen molar-refractivity contribution in [3.05, 3.63) is 107 Å². The molecule has 1 aliphatic heterocycles. The molecular weight excluding hydrogens is 510 g/mol. The molecule has 0 aliphatic carbocycles. The second-order valence-corrected chi connectivity index (χ2v) is 9.85. The number of nitriles is 1. The molecule has 0 spiro atoms. The van der Waals surface area contributed by atoms with Gasteiger partial charge in [0.15, 0.2) is 0 Å². The van der Waals surface area contributed by atoms with Gasteiger partial charge in [0.25, 0.3) is 5.91 Å². The first kappa shape index (κ1) is 26.2. The Hall–Kier alpha value is -4.38. The van der Waals surface area contributed by atoms with E-state index in [1.165, 1.54) is 0 Å². The molecule has 1 saturated heterocycles. The molecule has 0 bridgehead atoms. The van der Waals surface area contributed by atoms with Crippen LogP contribution in [0.1, 0.15) is 11.1 Å². The van der Waals surface area contributed by atoms with E-state index in [0.717, 1.165) is 35.7 Å². The SMILES string of the molecule is CN1CCN(C(=O)/C(C#N)=C/c2cn(-c3ccccc3)nc2-c2ccc(OCc3ccc(Cl)cc3)cc2)CC1. The maximum absolute atomic E-state index is 13.2. The van der Waals surface area contributed by atoms with Crippen LogP contribution in [0.3, 0.4) is 0 Å². The standard InChI is InChI=1S/C31H28ClN5O2/c1-35-15-17-36(18-16-35)31(38)25(20-33)19-26-21-37(28-5-3-2-4-6-28)34-30(26)24-9-13-29(14-10-24)39-22-23-7-11-27(32)12-8-23/h2-14,19,21H,15-18,22H2,1H3/b25-19+. The molecule has 8 heteroatoms. The largest absolute Gasteiger partial charge is 0.489 e. The molecule has 3 aromatic carbocycles. The minimum atomic E-state index is -0.255. The van der Waals surface area contributed by atoms with Crippen molar-refractivity contribution < 1.29 is 9.53 Å². The van der Waals surface area contributed by atoms with Crippen LogP contribution in [0.2, 0.25) is 5.02 Å². The molecule has 1 aliphatic rings. The van der Waals surface area contributed by atoms with Gasteiger partial charge in [-0.15, -0.1) is 0 Å². The first-order valence-electron chi connectivity index (χ1n) is 12.7. The van der Waals surface area contributed by atoms with Crippen LogP contribution in [-0.4, -0.2) is 58.7 Å². The summed E-state index contributed by atoms with van der Waals surface area (Å²) < 4.78 is 7.70. The normalized spacial score (nSPS) is 14.2. The van der Waals surface area contributed by atoms with Gasteiger partial charge in [-0.3, -0.25) is 4.79 Å². The molecule has 0 atom stereocenters. The van der Waals surface area contributed by atoms with Crippen molar-refractivity contribution in [1.29, 1.82) is 5.26 Å². The van der Waals surface area contributed by atoms with Crippen molar-refractivity contribution in [3.8, 4) is 28.8 Å². The molecule has 0 saturated carbocycles. The number of benzene rings is 3. The maximum atomic E-state index is 13.2. The van der Waals surface area contributed by atoms with E-state index in [4.69, 9.17) is 21.4 Å². The zero-order chi connectivity index (χ0) is 27.2. The third-order valence-electron chi connectivity index (χ3n) is 6.65. The summed E-state index contributed by atoms with van der Waals surface area (Å²) in [6, 6.07) is 27.0. The van der Waals surface area contributed by atoms with Gasteiger partial charge in [-0.2, -0.15) is 10.4 Å². The lowest BCUT2D eigenvalue weighted by atomic mass is 10.1. The maximum Gasteiger partial charge on any atom is 0.264 e. The van der Waals surface area contributed by atoms with Crippen LogP contribution in [0, 0.1) is 11.3 Å². The quantitative estimate of drug-likeness (QED) is 0.231. The molecule has 0 N–H and O–H groups in total. The van der Waals surface area contributed by atoms with Gasteiger partial charge in [-0.25, -0.2) is 4.68 Å². The van der Waals surface area contributed by atoms with E-state index in [0.29, 0.717) is 36.0 Å². The Kier molecular flexibility index (Phi) is 8.07. The Morgan fingerprint density at radius 2 is 1.69 bits per heavy atom. The fourth-order valence-corrected chi connectivity index (χ4v) is 4.49. The van der Waals surface area contributed by atoms with Crippen molar-refractivity contribution in [2.24, 2.45) is 0 Å². The first-order valence-corrected chi connectivity index (χ1v) is 13.1. The number of likely N-dealkylation sites (N-methyl/N-ethyl adjacent to an activating group) is 1. The second-order valence-electron chi connectivity index (χ2n) is 9.42. The molecule has 0 unspecified atom stereocenters. The van der Waals surface area contributed by atoms with Gasteiger partial charge in [-0.1, -0.05) is 41.9 Å². The highest BCUT2D eigenvalue weighted by Crippen LogP contribution is 2.28. The summed E-state index contributed by atoms with van der Waals surface area (Å²) in [6.07, 6.45) is 3.50. The Morgan fingerprint density at radius 1 is 1.00 bits per heavy atom. The second kappa shape index (κ2) is 12.0. The highest BCUT2D eigenvalue weighted by atomic mass is 35.5. The van der Waals surface area contributed by atoms with E-state index in [1.54, 1.807) is 15.7 Å². The third kappa shape index (κ3) is 6.37. The number of amides is 1. The minimum Gasteiger partial charge on any atom is -0.489 e. The molecule has 1 fully saturated rings. The van der Waals surface area contributed by atoms with Crippen LogP contribution in [0.25, 0.3) is 23.0 Å². The number of hydrogen-bond acceptors (Lipinski definition) is 5. The molecule has 4 aromatic rings. The highest BCUT2D eigenvalue weighted by Gasteiger charge is 2.23. The predicted molar refractivity (Wildman–Crippen MR) is 152 cm³/mol. The number of halogens is 1. The lowest BCUT2D eigenvalue weighted by Gasteiger charge is -2.32. The van der Waals surface area contributed by atoms with Gasteiger partial charge in [0.2, 0.25) is 0 Å². The van der Waals surface area contributed by atoms with E-state index in [2.05, 4.69) is 11.0 Å². The van der Waals surface area contributed by atoms with Crippen LogP contribution >= 0.6 is 11.6 Å². The molecule has 39 heavy (non-hydrogen) atoms. The van der Waals surface area contributed by atoms with Gasteiger partial charge in [0.05, 0.1) is 11.4 Å². The summed E-state index contributed by atoms with van der Waals surface area (Å²) >= 11 is 5.97. The fourth-order valence-electron chi connectivity index (χ4n) is 4.36. The number of hydrogen-bond donors (Lipinski definition) is 0. The number of para-hydroxylation sites is 1. The fraction of sp³-hybridized carbons (Fsp3) is 0.194. The van der Waals surface area contributed by atoms with Gasteiger partial charge < -0.3 is 14.5 Å². The number of rotatable bonds is 7. The van der Waals surface area contributed by atoms with Crippen LogP contribution < -0.4 is 4.74 Å². The Labute approximate surface area is 233 Å². The summed E-state index contributed by atoms with van der Waals surface area (Å²) in [5.74, 6) is 0.464. The number of carbonyl (C=O) groups excluding carboxylic acids is 1. The molecular formula is C31H28ClN5O2. The molecule has 5 rings (SSSR count). The van der Waals surface area contributed by atoms with Crippen LogP contribution in [0.5, 0.6) is 5.75 Å². The number of aromatic nitrogens is 2. The summed E-state index contributed by atoms with van der Waals surface area (Å²) in [5, 5.41) is 15.4. The van der Waals surface area contributed by atoms with Crippen molar-refractivity contribution in [3.63, 3.8) is 0 Å². The molecule has 2 heterocycles. The van der Waals surface area contributed by atoms with Crippen molar-refractivity contribution in [2.75, 3.05) is 33.2 Å². The minimum absolute atomic E-state index is 0.0938. The number of ether oxygens (including phenoxy) is 1. The lowest BCUT2D eigenvalue weighted by Crippen LogP contribution is -2.47. The Bertz CT molecular complexity index is 1500. The Balaban J connectivity index is 1.43. The molecule has 0 radical (unpaired) electrons. The van der Waals surface area contributed by atoms with Crippen molar-refractivity contribution in [1.82, 2.24) is 19.6 Å². The van der Waals surface area contributed by atoms with Crippen LogP contribution in [0.4, 0.5) is 0 Å². The summed E-state index contributed by atoms with van der Waals surface area (Å²) in [4.78, 5) is 17.1. The van der Waals surface area contributed by atoms with Crippen molar-refractivity contribution >= 4 is 23.6 Å². The predicted octanol–water partition coefficient (Wildman–Crippen LogP) is 5.45. The van der Waals surface area contributed by atoms with Gasteiger partial charge in [0.1, 0.15) is 24.0 Å². The number of nitrogens with zero attached hydrogens (tertiary/aromatic N) is 5. The number of piperazine rings is 1. The van der Waals surface area contributed by atoms with Gasteiger partial charge in [0, 0.05) is 48.5 Å².